The molecular formula is C44H62N2O4. The normalized spacial score (nSPS) is 27.0. The number of unbranched alkanes of at least 4 members (excludes halogenated alkanes) is 7. The first kappa shape index (κ1) is 35.5. The summed E-state index contributed by atoms with van der Waals surface area (Å²) in [6.45, 7) is 4.05. The molecule has 0 unspecified atom stereocenters. The van der Waals surface area contributed by atoms with Crippen molar-refractivity contribution in [2.45, 2.75) is 153 Å². The molecule has 2 aromatic rings. The van der Waals surface area contributed by atoms with E-state index in [-0.39, 0.29) is 23.3 Å². The molecule has 2 aliphatic heterocycles. The monoisotopic (exact) mass is 682 g/mol. The largest absolute Gasteiger partial charge is 0.493 e. The van der Waals surface area contributed by atoms with Crippen LogP contribution in [0.1, 0.15) is 133 Å². The molecule has 1 spiro atoms. The van der Waals surface area contributed by atoms with E-state index in [1.54, 1.807) is 14.0 Å². The first-order valence-electron chi connectivity index (χ1n) is 20.4. The van der Waals surface area contributed by atoms with Gasteiger partial charge in [0.2, 0.25) is 5.91 Å². The Morgan fingerprint density at radius 2 is 1.64 bits per heavy atom. The lowest BCUT2D eigenvalue weighted by Gasteiger charge is -2.60. The van der Waals surface area contributed by atoms with Crippen molar-refractivity contribution in [3.63, 3.8) is 0 Å². The third-order valence-corrected chi connectivity index (χ3v) is 13.4. The van der Waals surface area contributed by atoms with Crippen LogP contribution in [0.4, 0.5) is 0 Å². The average molecular weight is 683 g/mol. The molecule has 7 rings (SSSR count). The summed E-state index contributed by atoms with van der Waals surface area (Å²) < 4.78 is 13.1. The number of hydrogen-bond donors (Lipinski definition) is 0. The summed E-state index contributed by atoms with van der Waals surface area (Å²) in [5.74, 6) is 3.40. The molecule has 6 heteroatoms. The highest BCUT2D eigenvalue weighted by Gasteiger charge is 2.66. The molecule has 2 aromatic carbocycles. The van der Waals surface area contributed by atoms with E-state index in [1.807, 2.05) is 0 Å². The Kier molecular flexibility index (Phi) is 11.5. The van der Waals surface area contributed by atoms with Gasteiger partial charge in [-0.1, -0.05) is 94.2 Å². The van der Waals surface area contributed by atoms with Gasteiger partial charge in [0.25, 0.3) is 0 Å². The van der Waals surface area contributed by atoms with E-state index >= 15 is 0 Å². The molecule has 1 saturated heterocycles. The molecule has 5 aliphatic rings. The minimum absolute atomic E-state index is 0.0528. The van der Waals surface area contributed by atoms with Gasteiger partial charge in [-0.05, 0) is 100 Å². The van der Waals surface area contributed by atoms with Gasteiger partial charge in [0.05, 0.1) is 19.7 Å². The number of amides is 1. The third kappa shape index (κ3) is 7.25. The third-order valence-electron chi connectivity index (χ3n) is 13.4. The van der Waals surface area contributed by atoms with Crippen molar-refractivity contribution >= 4 is 11.7 Å². The van der Waals surface area contributed by atoms with Gasteiger partial charge < -0.3 is 14.4 Å². The van der Waals surface area contributed by atoms with Gasteiger partial charge in [-0.25, -0.2) is 0 Å². The molecule has 1 amide bonds. The number of carbonyl (C=O) groups is 2. The van der Waals surface area contributed by atoms with Crippen molar-refractivity contribution in [3.05, 3.63) is 59.2 Å². The van der Waals surface area contributed by atoms with Crippen LogP contribution in [-0.2, 0) is 27.8 Å². The predicted octanol–water partition coefficient (Wildman–Crippen LogP) is 8.85. The smallest absolute Gasteiger partial charge is 0.222 e. The van der Waals surface area contributed by atoms with Crippen LogP contribution in [0.25, 0.3) is 0 Å². The number of benzene rings is 2. The number of likely N-dealkylation sites (tertiary alicyclic amines) is 1. The first-order valence-corrected chi connectivity index (χ1v) is 20.4. The maximum absolute atomic E-state index is 14.4. The van der Waals surface area contributed by atoms with Crippen molar-refractivity contribution in [2.75, 3.05) is 26.7 Å². The molecule has 6 nitrogen and oxygen atoms in total. The van der Waals surface area contributed by atoms with Crippen molar-refractivity contribution in [2.24, 2.45) is 11.8 Å². The summed E-state index contributed by atoms with van der Waals surface area (Å²) in [6, 6.07) is 15.6. The number of aryl methyl sites for hydroxylation is 1. The van der Waals surface area contributed by atoms with Gasteiger partial charge in [0, 0.05) is 30.0 Å². The summed E-state index contributed by atoms with van der Waals surface area (Å²) in [7, 11) is 1.75. The number of methoxy groups -OCH3 is 1. The predicted molar refractivity (Wildman–Crippen MR) is 200 cm³/mol. The van der Waals surface area contributed by atoms with Gasteiger partial charge in [0.15, 0.2) is 11.5 Å². The molecule has 0 radical (unpaired) electrons. The molecule has 0 N–H and O–H groups in total. The summed E-state index contributed by atoms with van der Waals surface area (Å²) in [4.78, 5) is 31.6. The summed E-state index contributed by atoms with van der Waals surface area (Å²) in [6.07, 6.45) is 22.0. The Morgan fingerprint density at radius 1 is 0.900 bits per heavy atom. The fraction of sp³-hybridized carbons (Fsp3) is 0.682. The van der Waals surface area contributed by atoms with Gasteiger partial charge >= 0.3 is 0 Å². The van der Waals surface area contributed by atoms with Crippen molar-refractivity contribution in [3.8, 4) is 11.5 Å². The molecule has 3 fully saturated rings. The highest BCUT2D eigenvalue weighted by atomic mass is 16.5. The Bertz CT molecular complexity index is 1450. The van der Waals surface area contributed by atoms with Crippen molar-refractivity contribution in [1.29, 1.82) is 0 Å². The fourth-order valence-electron chi connectivity index (χ4n) is 11.1. The van der Waals surface area contributed by atoms with Crippen molar-refractivity contribution < 1.29 is 19.1 Å². The quantitative estimate of drug-likeness (QED) is 0.156. The second kappa shape index (κ2) is 16.2. The summed E-state index contributed by atoms with van der Waals surface area (Å²) >= 11 is 0. The van der Waals surface area contributed by atoms with E-state index in [0.29, 0.717) is 36.8 Å². The molecule has 2 bridgehead atoms. The summed E-state index contributed by atoms with van der Waals surface area (Å²) in [5.41, 5.74) is 4.07. The summed E-state index contributed by atoms with van der Waals surface area (Å²) in [5, 5.41) is 0. The Labute approximate surface area is 301 Å². The van der Waals surface area contributed by atoms with Gasteiger partial charge in [-0.2, -0.15) is 0 Å². The SMILES string of the molecule is COc1ccc2c3c1O[C@H]1[C@H](N(CC4CCCCC4)C(=O)CCCCCCCCCCc4ccccc4)CC[C@H]4[C@@H](C2)N(CC(C)=O)CC[C@@]341. The van der Waals surface area contributed by atoms with Crippen LogP contribution < -0.4 is 9.47 Å². The fourth-order valence-corrected chi connectivity index (χ4v) is 11.1. The number of ketones is 1. The minimum atomic E-state index is -0.121. The first-order chi connectivity index (χ1) is 24.5. The molecule has 2 saturated carbocycles. The maximum Gasteiger partial charge on any atom is 0.222 e. The number of rotatable bonds is 17. The zero-order valence-corrected chi connectivity index (χ0v) is 31.0. The van der Waals surface area contributed by atoms with E-state index in [1.165, 1.54) is 93.7 Å². The average Bonchev–Trinajstić information content (AvgIpc) is 3.48. The van der Waals surface area contributed by atoms with Gasteiger partial charge in [-0.3, -0.25) is 14.5 Å². The van der Waals surface area contributed by atoms with E-state index in [4.69, 9.17) is 9.47 Å². The number of carbonyl (C=O) groups excluding carboxylic acids is 2. The number of Topliss-reactive ketones (excluding diaryl/α,β-unsaturated/α-hetero) is 1. The lowest BCUT2D eigenvalue weighted by atomic mass is 9.51. The van der Waals surface area contributed by atoms with Crippen LogP contribution >= 0.6 is 0 Å². The molecule has 50 heavy (non-hydrogen) atoms. The standard InChI is InChI=1S/C44H62N2O4/c1-32(47)30-45-28-27-44-36-24-25-37(43(44)50-42-39(49-2)26-23-35(41(42)44)29-38(36)45)46(31-34-20-14-10-15-21-34)40(48)22-16-8-6-4-3-5-7-11-17-33-18-12-9-13-19-33/h9,12-13,18-19,23,26,34,36-38,43H,3-8,10-11,14-17,20-22,24-25,27-31H2,1-2H3/t36-,37+,38+,43-,44-/m0/s1. The minimum Gasteiger partial charge on any atom is -0.493 e. The van der Waals surface area contributed by atoms with E-state index in [2.05, 4.69) is 52.3 Å². The van der Waals surface area contributed by atoms with Crippen LogP contribution in [0, 0.1) is 11.8 Å². The maximum atomic E-state index is 14.4. The number of ether oxygens (including phenoxy) is 2. The number of hydrogen-bond acceptors (Lipinski definition) is 5. The van der Waals surface area contributed by atoms with Crippen molar-refractivity contribution in [1.82, 2.24) is 9.80 Å². The molecule has 272 valence electrons. The van der Waals surface area contributed by atoms with Crippen LogP contribution in [0.5, 0.6) is 11.5 Å². The molecule has 0 aromatic heterocycles. The lowest BCUT2D eigenvalue weighted by molar-refractivity contribution is -0.145. The van der Waals surface area contributed by atoms with E-state index in [0.717, 1.165) is 63.1 Å². The number of nitrogens with zero attached hydrogens (tertiary/aromatic N) is 2. The van der Waals surface area contributed by atoms with Gasteiger partial charge in [0.1, 0.15) is 11.9 Å². The molecular weight excluding hydrogens is 620 g/mol. The highest BCUT2D eigenvalue weighted by molar-refractivity contribution is 5.78. The van der Waals surface area contributed by atoms with E-state index in [9.17, 15) is 9.59 Å². The van der Waals surface area contributed by atoms with Crippen LogP contribution in [-0.4, -0.2) is 66.4 Å². The topological polar surface area (TPSA) is 59.1 Å². The highest BCUT2D eigenvalue weighted by Crippen LogP contribution is 2.64. The second-order valence-corrected chi connectivity index (χ2v) is 16.5. The van der Waals surface area contributed by atoms with E-state index < -0.39 is 0 Å². The zero-order chi connectivity index (χ0) is 34.5. The Balaban J connectivity index is 1.01. The van der Waals surface area contributed by atoms with Crippen LogP contribution in [0.3, 0.4) is 0 Å². The van der Waals surface area contributed by atoms with Gasteiger partial charge in [-0.15, -0.1) is 0 Å². The Morgan fingerprint density at radius 3 is 2.38 bits per heavy atom. The Hall–Kier alpha value is -2.86. The van der Waals surface area contributed by atoms with Crippen LogP contribution in [0.15, 0.2) is 42.5 Å². The zero-order valence-electron chi connectivity index (χ0n) is 31.0. The number of piperidine rings is 1. The second-order valence-electron chi connectivity index (χ2n) is 16.5. The molecule has 5 atom stereocenters. The molecule has 3 aliphatic carbocycles. The van der Waals surface area contributed by atoms with Crippen LogP contribution in [0.2, 0.25) is 0 Å². The molecule has 2 heterocycles. The lowest BCUT2D eigenvalue weighted by Crippen LogP contribution is -2.69.